The third-order valence-corrected chi connectivity index (χ3v) is 2.19. The molecule has 4 nitrogen and oxygen atoms in total. The molecule has 1 aromatic heterocycles. The van der Waals surface area contributed by atoms with Crippen LogP contribution in [0.15, 0.2) is 36.7 Å². The minimum absolute atomic E-state index is 0.359. The van der Waals surface area contributed by atoms with Crippen LogP contribution in [-0.2, 0) is 4.74 Å². The number of pyridine rings is 1. The molecule has 0 aliphatic rings. The number of rotatable bonds is 2. The van der Waals surface area contributed by atoms with Crippen LogP contribution in [0.5, 0.6) is 0 Å². The summed E-state index contributed by atoms with van der Waals surface area (Å²) in [4.78, 5) is 15.3. The Bertz CT molecular complexity index is 506. The van der Waals surface area contributed by atoms with Crippen LogP contribution in [0.4, 0.5) is 10.5 Å². The van der Waals surface area contributed by atoms with Gasteiger partial charge in [0, 0.05) is 23.2 Å². The first-order chi connectivity index (χ1) is 7.81. The smallest absolute Gasteiger partial charge is 0.411 e. The number of fused-ring (bicyclic) bond motifs is 1. The van der Waals surface area contributed by atoms with E-state index in [9.17, 15) is 4.79 Å². The summed E-state index contributed by atoms with van der Waals surface area (Å²) >= 11 is 0. The molecule has 4 heteroatoms. The first-order valence-corrected chi connectivity index (χ1v) is 5.08. The van der Waals surface area contributed by atoms with E-state index in [1.54, 1.807) is 19.3 Å². The van der Waals surface area contributed by atoms with Gasteiger partial charge in [-0.15, -0.1) is 0 Å². The molecule has 1 aromatic carbocycles. The molecule has 2 rings (SSSR count). The molecule has 0 radical (unpaired) electrons. The second-order valence-electron chi connectivity index (χ2n) is 3.25. The molecule has 16 heavy (non-hydrogen) atoms. The molecule has 2 aromatic rings. The zero-order valence-electron chi connectivity index (χ0n) is 8.93. The summed E-state index contributed by atoms with van der Waals surface area (Å²) in [6.45, 7) is 2.13. The maximum atomic E-state index is 11.3. The minimum Gasteiger partial charge on any atom is -0.450 e. The standard InChI is InChI=1S/C12H12N2O2/c1-2-16-12(15)14-11-5-3-4-9-8-13-7-6-10(9)11/h3-8H,2H2,1H3,(H,14,15). The SMILES string of the molecule is CCOC(=O)Nc1cccc2cnccc12. The highest BCUT2D eigenvalue weighted by atomic mass is 16.5. The number of hydrogen-bond donors (Lipinski definition) is 1. The van der Waals surface area contributed by atoms with E-state index in [2.05, 4.69) is 10.3 Å². The number of carbonyl (C=O) groups is 1. The van der Waals surface area contributed by atoms with Gasteiger partial charge in [0.25, 0.3) is 0 Å². The lowest BCUT2D eigenvalue weighted by Crippen LogP contribution is -2.13. The van der Waals surface area contributed by atoms with Crippen LogP contribution >= 0.6 is 0 Å². The lowest BCUT2D eigenvalue weighted by molar-refractivity contribution is 0.168. The Kier molecular flexibility index (Phi) is 3.00. The molecule has 82 valence electrons. The Hall–Kier alpha value is -2.10. The molecule has 1 N–H and O–H groups in total. The third-order valence-electron chi connectivity index (χ3n) is 2.19. The molecule has 0 bridgehead atoms. The summed E-state index contributed by atoms with van der Waals surface area (Å²) in [5, 5.41) is 4.63. The van der Waals surface area contributed by atoms with Crippen LogP contribution in [0, 0.1) is 0 Å². The number of anilines is 1. The second kappa shape index (κ2) is 4.61. The Balaban J connectivity index is 2.33. The number of amides is 1. The lowest BCUT2D eigenvalue weighted by atomic mass is 10.1. The van der Waals surface area contributed by atoms with Gasteiger partial charge in [0.05, 0.1) is 12.3 Å². The summed E-state index contributed by atoms with van der Waals surface area (Å²) in [6, 6.07) is 7.50. The van der Waals surface area contributed by atoms with Crippen LogP contribution in [0.1, 0.15) is 6.92 Å². The van der Waals surface area contributed by atoms with Crippen molar-refractivity contribution in [2.45, 2.75) is 6.92 Å². The molecule has 0 aliphatic heterocycles. The van der Waals surface area contributed by atoms with Gasteiger partial charge < -0.3 is 4.74 Å². The Morgan fingerprint density at radius 2 is 2.31 bits per heavy atom. The van der Waals surface area contributed by atoms with Crippen molar-refractivity contribution in [1.29, 1.82) is 0 Å². The predicted molar refractivity (Wildman–Crippen MR) is 62.4 cm³/mol. The predicted octanol–water partition coefficient (Wildman–Crippen LogP) is 2.80. The maximum Gasteiger partial charge on any atom is 0.411 e. The molecule has 0 unspecified atom stereocenters. The van der Waals surface area contributed by atoms with Gasteiger partial charge in [0.1, 0.15) is 0 Å². The van der Waals surface area contributed by atoms with Gasteiger partial charge in [-0.05, 0) is 19.1 Å². The first-order valence-electron chi connectivity index (χ1n) is 5.08. The van der Waals surface area contributed by atoms with E-state index in [1.165, 1.54) is 0 Å². The first kappa shape index (κ1) is 10.4. The normalized spacial score (nSPS) is 10.1. The lowest BCUT2D eigenvalue weighted by Gasteiger charge is -2.07. The van der Waals surface area contributed by atoms with E-state index in [0.29, 0.717) is 6.61 Å². The molecule has 1 heterocycles. The highest BCUT2D eigenvalue weighted by molar-refractivity contribution is 5.99. The van der Waals surface area contributed by atoms with E-state index in [-0.39, 0.29) is 0 Å². The highest BCUT2D eigenvalue weighted by Crippen LogP contribution is 2.22. The molecule has 0 saturated carbocycles. The molecule has 0 aliphatic carbocycles. The fourth-order valence-corrected chi connectivity index (χ4v) is 1.51. The highest BCUT2D eigenvalue weighted by Gasteiger charge is 2.05. The second-order valence-corrected chi connectivity index (χ2v) is 3.25. The minimum atomic E-state index is -0.438. The molecule has 0 fully saturated rings. The fourth-order valence-electron chi connectivity index (χ4n) is 1.51. The van der Waals surface area contributed by atoms with Gasteiger partial charge >= 0.3 is 6.09 Å². The maximum absolute atomic E-state index is 11.3. The van der Waals surface area contributed by atoms with Crippen molar-refractivity contribution in [3.63, 3.8) is 0 Å². The molecule has 0 saturated heterocycles. The van der Waals surface area contributed by atoms with Crippen molar-refractivity contribution < 1.29 is 9.53 Å². The van der Waals surface area contributed by atoms with Gasteiger partial charge in [0.15, 0.2) is 0 Å². The molecular weight excluding hydrogens is 204 g/mol. The van der Waals surface area contributed by atoms with Crippen molar-refractivity contribution in [2.24, 2.45) is 0 Å². The molecule has 0 spiro atoms. The van der Waals surface area contributed by atoms with E-state index in [1.807, 2.05) is 24.3 Å². The largest absolute Gasteiger partial charge is 0.450 e. The summed E-state index contributed by atoms with van der Waals surface area (Å²) in [6.07, 6.45) is 3.01. The quantitative estimate of drug-likeness (QED) is 0.839. The monoisotopic (exact) mass is 216 g/mol. The number of benzene rings is 1. The van der Waals surface area contributed by atoms with Crippen molar-refractivity contribution >= 4 is 22.6 Å². The fraction of sp³-hybridized carbons (Fsp3) is 0.167. The van der Waals surface area contributed by atoms with Crippen molar-refractivity contribution in [3.05, 3.63) is 36.7 Å². The van der Waals surface area contributed by atoms with E-state index < -0.39 is 6.09 Å². The summed E-state index contributed by atoms with van der Waals surface area (Å²) in [5.74, 6) is 0. The topological polar surface area (TPSA) is 51.2 Å². The molecule has 0 atom stereocenters. The number of aromatic nitrogens is 1. The van der Waals surface area contributed by atoms with Gasteiger partial charge in [-0.1, -0.05) is 12.1 Å². The Morgan fingerprint density at radius 1 is 1.44 bits per heavy atom. The molecular formula is C12H12N2O2. The van der Waals surface area contributed by atoms with E-state index >= 15 is 0 Å². The summed E-state index contributed by atoms with van der Waals surface area (Å²) in [5.41, 5.74) is 0.735. The van der Waals surface area contributed by atoms with Crippen LogP contribution in [0.3, 0.4) is 0 Å². The number of hydrogen-bond acceptors (Lipinski definition) is 3. The van der Waals surface area contributed by atoms with Crippen LogP contribution in [0.25, 0.3) is 10.8 Å². The van der Waals surface area contributed by atoms with Gasteiger partial charge in [-0.2, -0.15) is 0 Å². The van der Waals surface area contributed by atoms with E-state index in [0.717, 1.165) is 16.5 Å². The Labute approximate surface area is 93.3 Å². The van der Waals surface area contributed by atoms with Crippen LogP contribution in [0.2, 0.25) is 0 Å². The zero-order chi connectivity index (χ0) is 11.4. The average molecular weight is 216 g/mol. The van der Waals surface area contributed by atoms with Crippen molar-refractivity contribution in [1.82, 2.24) is 4.98 Å². The number of nitrogens with zero attached hydrogens (tertiary/aromatic N) is 1. The van der Waals surface area contributed by atoms with Crippen molar-refractivity contribution in [3.8, 4) is 0 Å². The number of ether oxygens (including phenoxy) is 1. The third kappa shape index (κ3) is 2.11. The average Bonchev–Trinajstić information content (AvgIpc) is 2.30. The van der Waals surface area contributed by atoms with Gasteiger partial charge in [-0.25, -0.2) is 4.79 Å². The van der Waals surface area contributed by atoms with Gasteiger partial charge in [-0.3, -0.25) is 10.3 Å². The van der Waals surface area contributed by atoms with Gasteiger partial charge in [0.2, 0.25) is 0 Å². The number of nitrogens with one attached hydrogen (secondary N) is 1. The van der Waals surface area contributed by atoms with Crippen molar-refractivity contribution in [2.75, 3.05) is 11.9 Å². The number of carbonyl (C=O) groups excluding carboxylic acids is 1. The zero-order valence-corrected chi connectivity index (χ0v) is 8.93. The Morgan fingerprint density at radius 3 is 3.12 bits per heavy atom. The van der Waals surface area contributed by atoms with Crippen LogP contribution in [-0.4, -0.2) is 17.7 Å². The summed E-state index contributed by atoms with van der Waals surface area (Å²) in [7, 11) is 0. The van der Waals surface area contributed by atoms with E-state index in [4.69, 9.17) is 4.74 Å². The van der Waals surface area contributed by atoms with Crippen LogP contribution < -0.4 is 5.32 Å². The molecule has 1 amide bonds. The summed E-state index contributed by atoms with van der Waals surface area (Å²) < 4.78 is 4.83.